The normalized spacial score (nSPS) is 13.9. The average Bonchev–Trinajstić information content (AvgIpc) is 2.38. The second-order valence-corrected chi connectivity index (χ2v) is 4.50. The maximum absolute atomic E-state index is 12.0. The van der Waals surface area contributed by atoms with Crippen LogP contribution in [0.5, 0.6) is 5.75 Å². The van der Waals surface area contributed by atoms with Crippen molar-refractivity contribution in [3.8, 4) is 5.75 Å². The highest BCUT2D eigenvalue weighted by Gasteiger charge is 2.23. The fraction of sp³-hybridized carbons (Fsp3) is 0.462. The standard InChI is InChI=1S/C13H18ClNO2/c1-4-13(2,9-14)15-12(16)10-6-5-7-11(8-10)17-3/h5-8H,4,9H2,1-3H3,(H,15,16). The number of nitrogens with one attached hydrogen (secondary N) is 1. The van der Waals surface area contributed by atoms with E-state index in [0.717, 1.165) is 6.42 Å². The van der Waals surface area contributed by atoms with Gasteiger partial charge in [0.2, 0.25) is 0 Å². The first-order chi connectivity index (χ1) is 8.04. The summed E-state index contributed by atoms with van der Waals surface area (Å²) < 4.78 is 5.08. The number of halogens is 1. The molecule has 1 aromatic carbocycles. The van der Waals surface area contributed by atoms with Crippen molar-refractivity contribution in [1.82, 2.24) is 5.32 Å². The van der Waals surface area contributed by atoms with Crippen LogP contribution in [-0.4, -0.2) is 24.4 Å². The highest BCUT2D eigenvalue weighted by atomic mass is 35.5. The molecule has 3 nitrogen and oxygen atoms in total. The molecule has 1 N–H and O–H groups in total. The number of rotatable bonds is 5. The van der Waals surface area contributed by atoms with Gasteiger partial charge in [-0.05, 0) is 31.5 Å². The summed E-state index contributed by atoms with van der Waals surface area (Å²) in [5, 5.41) is 2.93. The Morgan fingerprint density at radius 3 is 2.76 bits per heavy atom. The zero-order valence-electron chi connectivity index (χ0n) is 10.4. The summed E-state index contributed by atoms with van der Waals surface area (Å²) in [6.07, 6.45) is 0.784. The summed E-state index contributed by atoms with van der Waals surface area (Å²) in [4.78, 5) is 12.0. The summed E-state index contributed by atoms with van der Waals surface area (Å²) in [5.74, 6) is 0.926. The molecule has 0 aliphatic carbocycles. The molecule has 0 saturated carbocycles. The topological polar surface area (TPSA) is 38.3 Å². The summed E-state index contributed by atoms with van der Waals surface area (Å²) in [6, 6.07) is 7.05. The number of carbonyl (C=O) groups excluding carboxylic acids is 1. The van der Waals surface area contributed by atoms with Crippen LogP contribution in [0.4, 0.5) is 0 Å². The zero-order valence-corrected chi connectivity index (χ0v) is 11.2. The van der Waals surface area contributed by atoms with Gasteiger partial charge in [-0.25, -0.2) is 0 Å². The molecule has 0 aromatic heterocycles. The van der Waals surface area contributed by atoms with E-state index in [1.54, 1.807) is 31.4 Å². The Morgan fingerprint density at radius 2 is 2.24 bits per heavy atom. The smallest absolute Gasteiger partial charge is 0.251 e. The lowest BCUT2D eigenvalue weighted by Crippen LogP contribution is -2.47. The van der Waals surface area contributed by atoms with Gasteiger partial charge in [-0.2, -0.15) is 0 Å². The van der Waals surface area contributed by atoms with Gasteiger partial charge in [0.25, 0.3) is 5.91 Å². The Bertz CT molecular complexity index is 389. The number of methoxy groups -OCH3 is 1. The molecule has 17 heavy (non-hydrogen) atoms. The molecule has 0 spiro atoms. The van der Waals surface area contributed by atoms with Crippen molar-refractivity contribution in [3.63, 3.8) is 0 Å². The molecule has 0 heterocycles. The van der Waals surface area contributed by atoms with Gasteiger partial charge < -0.3 is 10.1 Å². The predicted molar refractivity (Wildman–Crippen MR) is 69.9 cm³/mol. The maximum atomic E-state index is 12.0. The number of carbonyl (C=O) groups is 1. The summed E-state index contributed by atoms with van der Waals surface area (Å²) in [7, 11) is 1.58. The zero-order chi connectivity index (χ0) is 12.9. The summed E-state index contributed by atoms with van der Waals surface area (Å²) >= 11 is 5.86. The van der Waals surface area contributed by atoms with Crippen LogP contribution in [-0.2, 0) is 0 Å². The molecule has 0 aliphatic rings. The molecule has 1 aromatic rings. The van der Waals surface area contributed by atoms with Crippen molar-refractivity contribution in [1.29, 1.82) is 0 Å². The molecule has 0 radical (unpaired) electrons. The number of benzene rings is 1. The lowest BCUT2D eigenvalue weighted by molar-refractivity contribution is 0.0912. The molecule has 4 heteroatoms. The first-order valence-corrected chi connectivity index (χ1v) is 6.10. The third-order valence-corrected chi connectivity index (χ3v) is 3.41. The number of hydrogen-bond acceptors (Lipinski definition) is 2. The van der Waals surface area contributed by atoms with Crippen LogP contribution in [0, 0.1) is 0 Å². The van der Waals surface area contributed by atoms with Crippen molar-refractivity contribution in [2.45, 2.75) is 25.8 Å². The minimum Gasteiger partial charge on any atom is -0.497 e. The van der Waals surface area contributed by atoms with Crippen LogP contribution in [0.25, 0.3) is 0 Å². The first-order valence-electron chi connectivity index (χ1n) is 5.57. The van der Waals surface area contributed by atoms with E-state index in [4.69, 9.17) is 16.3 Å². The van der Waals surface area contributed by atoms with E-state index >= 15 is 0 Å². The molecule has 1 unspecified atom stereocenters. The summed E-state index contributed by atoms with van der Waals surface area (Å²) in [5.41, 5.74) is 0.205. The Morgan fingerprint density at radius 1 is 1.53 bits per heavy atom. The van der Waals surface area contributed by atoms with E-state index in [9.17, 15) is 4.79 Å². The van der Waals surface area contributed by atoms with Crippen LogP contribution in [0.1, 0.15) is 30.6 Å². The number of amides is 1. The second kappa shape index (κ2) is 5.92. The Hall–Kier alpha value is -1.22. The highest BCUT2D eigenvalue weighted by molar-refractivity contribution is 6.18. The van der Waals surface area contributed by atoms with Crippen molar-refractivity contribution < 1.29 is 9.53 Å². The van der Waals surface area contributed by atoms with Gasteiger partial charge in [0.05, 0.1) is 12.6 Å². The lowest BCUT2D eigenvalue weighted by atomic mass is 10.0. The minimum absolute atomic E-state index is 0.131. The molecule has 0 saturated heterocycles. The molecule has 0 aliphatic heterocycles. The monoisotopic (exact) mass is 255 g/mol. The van der Waals surface area contributed by atoms with Crippen molar-refractivity contribution >= 4 is 17.5 Å². The van der Waals surface area contributed by atoms with Gasteiger partial charge in [0.1, 0.15) is 5.75 Å². The van der Waals surface area contributed by atoms with Crippen LogP contribution in [0.3, 0.4) is 0 Å². The molecular weight excluding hydrogens is 238 g/mol. The lowest BCUT2D eigenvalue weighted by Gasteiger charge is -2.27. The van der Waals surface area contributed by atoms with Crippen LogP contribution < -0.4 is 10.1 Å². The predicted octanol–water partition coefficient (Wildman–Crippen LogP) is 2.83. The van der Waals surface area contributed by atoms with Gasteiger partial charge in [-0.15, -0.1) is 11.6 Å². The second-order valence-electron chi connectivity index (χ2n) is 4.23. The van der Waals surface area contributed by atoms with Crippen molar-refractivity contribution in [2.75, 3.05) is 13.0 Å². The van der Waals surface area contributed by atoms with Crippen LogP contribution >= 0.6 is 11.6 Å². The number of hydrogen-bond donors (Lipinski definition) is 1. The van der Waals surface area contributed by atoms with E-state index in [1.165, 1.54) is 0 Å². The average molecular weight is 256 g/mol. The van der Waals surface area contributed by atoms with E-state index in [1.807, 2.05) is 13.8 Å². The molecular formula is C13H18ClNO2. The molecule has 1 amide bonds. The van der Waals surface area contributed by atoms with Gasteiger partial charge in [-0.3, -0.25) is 4.79 Å². The number of ether oxygens (including phenoxy) is 1. The van der Waals surface area contributed by atoms with Gasteiger partial charge in [0, 0.05) is 11.4 Å². The Kier molecular flexibility index (Phi) is 4.82. The van der Waals surface area contributed by atoms with Gasteiger partial charge in [-0.1, -0.05) is 13.0 Å². The van der Waals surface area contributed by atoms with Crippen molar-refractivity contribution in [2.24, 2.45) is 0 Å². The SMILES string of the molecule is CCC(C)(CCl)NC(=O)c1cccc(OC)c1. The third-order valence-electron chi connectivity index (χ3n) is 2.82. The Balaban J connectivity index is 2.82. The fourth-order valence-corrected chi connectivity index (χ4v) is 1.58. The maximum Gasteiger partial charge on any atom is 0.251 e. The van der Waals surface area contributed by atoms with Gasteiger partial charge in [0.15, 0.2) is 0 Å². The summed E-state index contributed by atoms with van der Waals surface area (Å²) in [6.45, 7) is 3.92. The van der Waals surface area contributed by atoms with E-state index in [-0.39, 0.29) is 11.4 Å². The Labute approximate surface area is 107 Å². The third kappa shape index (κ3) is 3.63. The largest absolute Gasteiger partial charge is 0.497 e. The van der Waals surface area contributed by atoms with Crippen LogP contribution in [0.2, 0.25) is 0 Å². The van der Waals surface area contributed by atoms with E-state index < -0.39 is 0 Å². The molecule has 94 valence electrons. The fourth-order valence-electron chi connectivity index (χ4n) is 1.33. The molecule has 0 fully saturated rings. The van der Waals surface area contributed by atoms with Crippen molar-refractivity contribution in [3.05, 3.63) is 29.8 Å². The molecule has 1 rings (SSSR count). The first kappa shape index (κ1) is 13.8. The molecule has 1 atom stereocenters. The minimum atomic E-state index is -0.373. The van der Waals surface area contributed by atoms with Crippen LogP contribution in [0.15, 0.2) is 24.3 Å². The number of alkyl halides is 1. The van der Waals surface area contributed by atoms with E-state index in [2.05, 4.69) is 5.32 Å². The quantitative estimate of drug-likeness (QED) is 0.822. The molecule has 0 bridgehead atoms. The van der Waals surface area contributed by atoms with E-state index in [0.29, 0.717) is 17.2 Å². The van der Waals surface area contributed by atoms with Gasteiger partial charge >= 0.3 is 0 Å². The highest BCUT2D eigenvalue weighted by Crippen LogP contribution is 2.16.